The van der Waals surface area contributed by atoms with Crippen LogP contribution in [0.15, 0.2) is 82.3 Å². The van der Waals surface area contributed by atoms with Crippen molar-refractivity contribution in [2.45, 2.75) is 66.6 Å². The number of anilines is 1. The van der Waals surface area contributed by atoms with Gasteiger partial charge in [-0.25, -0.2) is 4.79 Å². The van der Waals surface area contributed by atoms with E-state index in [1.807, 2.05) is 30.4 Å². The van der Waals surface area contributed by atoms with Crippen molar-refractivity contribution in [1.29, 1.82) is 0 Å². The largest absolute Gasteiger partial charge is 0.382 e. The molecule has 2 aromatic carbocycles. The van der Waals surface area contributed by atoms with E-state index in [0.29, 0.717) is 163 Å². The van der Waals surface area contributed by atoms with Crippen LogP contribution in [0.5, 0.6) is 0 Å². The molecule has 0 aromatic heterocycles. The van der Waals surface area contributed by atoms with E-state index in [9.17, 15) is 31.2 Å². The number of methoxy groups -OCH3 is 3. The molecule has 0 bridgehead atoms. The second-order valence-electron chi connectivity index (χ2n) is 22.5. The lowest BCUT2D eigenvalue weighted by Crippen LogP contribution is -2.33. The molecule has 554 valence electrons. The summed E-state index contributed by atoms with van der Waals surface area (Å²) in [5, 5.41) is 0.501. The molecule has 1 fully saturated rings. The fourth-order valence-corrected chi connectivity index (χ4v) is 12.0. The lowest BCUT2D eigenvalue weighted by Gasteiger charge is -2.30. The number of amides is 2. The van der Waals surface area contributed by atoms with Gasteiger partial charge in [0.1, 0.15) is 6.61 Å². The molecule has 0 spiro atoms. The van der Waals surface area contributed by atoms with Crippen LogP contribution in [0.4, 0.5) is 11.4 Å². The number of allylic oxidation sites excluding steroid dienone is 6. The summed E-state index contributed by atoms with van der Waals surface area (Å²) in [5.41, 5.74) is 3.14. The predicted molar refractivity (Wildman–Crippen MR) is 357 cm³/mol. The first-order valence-corrected chi connectivity index (χ1v) is 35.8. The molecule has 3 aliphatic heterocycles. The minimum Gasteiger partial charge on any atom is -0.382 e. The van der Waals surface area contributed by atoms with Crippen LogP contribution in [-0.2, 0) is 134 Å². The maximum atomic E-state index is 13.3. The average molecular weight is 1430 g/mol. The third-order valence-electron chi connectivity index (χ3n) is 15.9. The molecule has 3 aliphatic rings. The number of ether oxygens (including phenoxy) is 16. The number of rotatable bonds is 59. The maximum Gasteiger partial charge on any atom is 0.335 e. The van der Waals surface area contributed by atoms with E-state index in [0.717, 1.165) is 48.1 Å². The van der Waals surface area contributed by atoms with E-state index in [2.05, 4.69) is 23.3 Å². The lowest BCUT2D eigenvalue weighted by atomic mass is 9.76. The minimum atomic E-state index is -4.11. The normalized spacial score (nSPS) is 17.7. The van der Waals surface area contributed by atoms with Gasteiger partial charge in [-0.2, -0.15) is 21.4 Å². The number of benzene rings is 2. The summed E-state index contributed by atoms with van der Waals surface area (Å²) in [6.07, 6.45) is 10.5. The van der Waals surface area contributed by atoms with Crippen molar-refractivity contribution < 1.29 is 125 Å². The van der Waals surface area contributed by atoms with Crippen molar-refractivity contribution in [3.8, 4) is 0 Å². The summed E-state index contributed by atoms with van der Waals surface area (Å²) in [6, 6.07) is 9.96. The Morgan fingerprint density at radius 1 is 0.469 bits per heavy atom. The zero-order chi connectivity index (χ0) is 70.8. The summed E-state index contributed by atoms with van der Waals surface area (Å²) < 4.78 is 156. The van der Waals surface area contributed by atoms with E-state index < -0.39 is 48.8 Å². The predicted octanol–water partition coefficient (Wildman–Crippen LogP) is 4.42. The number of carbonyl (C=O) groups is 3. The highest BCUT2D eigenvalue weighted by atomic mass is 32.2. The Hall–Kier alpha value is -5.08. The Morgan fingerprint density at radius 3 is 1.33 bits per heavy atom. The molecule has 2 atom stereocenters. The van der Waals surface area contributed by atoms with Gasteiger partial charge in [0, 0.05) is 88.4 Å². The quantitative estimate of drug-likeness (QED) is 0.0291. The molecule has 0 saturated carbocycles. The Bertz CT molecular complexity index is 3020. The van der Waals surface area contributed by atoms with Gasteiger partial charge in [-0.15, -0.1) is 5.06 Å². The molecule has 0 radical (unpaired) electrons. The number of hydroxylamine groups is 2. The van der Waals surface area contributed by atoms with Crippen molar-refractivity contribution in [3.63, 3.8) is 0 Å². The van der Waals surface area contributed by atoms with Gasteiger partial charge >= 0.3 is 5.97 Å². The molecule has 2 unspecified atom stereocenters. The van der Waals surface area contributed by atoms with Gasteiger partial charge in [0.25, 0.3) is 32.1 Å². The third-order valence-corrected chi connectivity index (χ3v) is 18.4. The zero-order valence-electron chi connectivity index (χ0n) is 58.1. The van der Waals surface area contributed by atoms with Gasteiger partial charge in [0.05, 0.1) is 208 Å². The first kappa shape index (κ1) is 83.6. The summed E-state index contributed by atoms with van der Waals surface area (Å²) in [4.78, 5) is 42.4. The van der Waals surface area contributed by atoms with Crippen molar-refractivity contribution in [1.82, 2.24) is 5.06 Å². The van der Waals surface area contributed by atoms with Gasteiger partial charge in [-0.05, 0) is 68.7 Å². The van der Waals surface area contributed by atoms with Gasteiger partial charge in [-0.1, -0.05) is 18.2 Å². The van der Waals surface area contributed by atoms with Crippen molar-refractivity contribution in [2.75, 3.05) is 245 Å². The Morgan fingerprint density at radius 2 is 0.867 bits per heavy atom. The Balaban J connectivity index is 1.36. The lowest BCUT2D eigenvalue weighted by molar-refractivity contribution is -0.442. The number of nitrogens with zero attached hydrogens (tertiary/aromatic N) is 3. The van der Waals surface area contributed by atoms with Crippen LogP contribution in [0.3, 0.4) is 0 Å². The maximum absolute atomic E-state index is 13.3. The molecule has 3 heterocycles. The molecule has 0 N–H and O–H groups in total. The van der Waals surface area contributed by atoms with Crippen LogP contribution in [0.25, 0.3) is 0 Å². The number of imide groups is 1. The van der Waals surface area contributed by atoms with Crippen molar-refractivity contribution in [2.24, 2.45) is 0 Å². The summed E-state index contributed by atoms with van der Waals surface area (Å²) in [6.45, 7) is 14.9. The molecular formula is C67H104N3O26S2+. The number of fused-ring (bicyclic) bond motifs is 2. The number of hydrogen-bond acceptors (Lipinski definition) is 27. The van der Waals surface area contributed by atoms with E-state index in [1.165, 1.54) is 12.1 Å². The van der Waals surface area contributed by atoms with E-state index >= 15 is 0 Å². The molecule has 0 aliphatic carbocycles. The molecule has 2 amide bonds. The van der Waals surface area contributed by atoms with Gasteiger partial charge in [0.2, 0.25) is 5.69 Å². The molecule has 5 rings (SSSR count). The molecular weight excluding hydrogens is 1330 g/mol. The van der Waals surface area contributed by atoms with E-state index in [4.69, 9.17) is 89.0 Å². The van der Waals surface area contributed by atoms with Crippen LogP contribution in [0.2, 0.25) is 0 Å². The molecule has 1 saturated heterocycles. The van der Waals surface area contributed by atoms with Crippen LogP contribution in [0, 0.1) is 0 Å². The fourth-order valence-electron chi connectivity index (χ4n) is 10.6. The van der Waals surface area contributed by atoms with E-state index in [1.54, 1.807) is 45.6 Å². The summed E-state index contributed by atoms with van der Waals surface area (Å²) >= 11 is 0. The SMILES string of the molecule is COCCOCCOCCOCC[N+]1=C(/C=C/C=C/C=C2/N(CCOCCOCCOCCOCCC(=O)ON3C(=O)CCC3=O)c3ccc(S(=O)(=O)OC)cc3C2(C)CCOCCOCCOCCOC)C(C)(CCOCCOCCOCCOC)c2cc(S(=O)(=O)OC)ccc21. The van der Waals surface area contributed by atoms with Crippen molar-refractivity contribution in [3.05, 3.63) is 83.6 Å². The first-order valence-electron chi connectivity index (χ1n) is 32.9. The van der Waals surface area contributed by atoms with Crippen LogP contribution in [-0.4, -0.2) is 290 Å². The molecule has 31 heteroatoms. The summed E-state index contributed by atoms with van der Waals surface area (Å²) in [7, 11) is -1.10. The third kappa shape index (κ3) is 28.0. The minimum absolute atomic E-state index is 0.00332. The standard InChI is InChI=1S/C67H104N3O26S2/c1-66(20-25-84-36-41-92-48-45-88-32-29-78-3)57-53-55(97(74,75)81-6)13-15-59(57)68(22-27-86-38-43-94-50-47-90-34-31-80-5)61(66)11-9-8-10-12-62-67(2,21-26-85-37-42-93-49-46-89-33-30-79-4)58-54-56(98(76,77)82-7)14-16-60(58)69(62)23-28-87-39-44-95-52-51-91-40-35-83-24-19-65(73)96-70-63(71)17-18-64(70)72/h8-16,53-54H,17-52H2,1-7H3/q+1. The molecule has 2 aromatic rings. The monoisotopic (exact) mass is 1430 g/mol. The highest BCUT2D eigenvalue weighted by molar-refractivity contribution is 7.87. The second-order valence-corrected chi connectivity index (χ2v) is 25.9. The van der Waals surface area contributed by atoms with Gasteiger partial charge in [0.15, 0.2) is 12.3 Å². The highest BCUT2D eigenvalue weighted by Crippen LogP contribution is 2.51. The topological polar surface area (TPSA) is 304 Å². The molecule has 29 nitrogen and oxygen atoms in total. The van der Waals surface area contributed by atoms with Crippen LogP contribution >= 0.6 is 0 Å². The summed E-state index contributed by atoms with van der Waals surface area (Å²) in [5.74, 6) is -1.85. The smallest absolute Gasteiger partial charge is 0.335 e. The Labute approximate surface area is 577 Å². The number of carbonyl (C=O) groups excluding carboxylic acids is 3. The highest BCUT2D eigenvalue weighted by Gasteiger charge is 2.48. The molecule has 98 heavy (non-hydrogen) atoms. The zero-order valence-corrected chi connectivity index (χ0v) is 59.7. The fraction of sp³-hybridized carbons (Fsp3) is 0.672. The van der Waals surface area contributed by atoms with Gasteiger partial charge in [-0.3, -0.25) is 18.0 Å². The Kier molecular flexibility index (Phi) is 40.2. The number of hydrogen-bond donors (Lipinski definition) is 0. The van der Waals surface area contributed by atoms with Crippen molar-refractivity contribution >= 4 is 55.1 Å². The second kappa shape index (κ2) is 47.2. The van der Waals surface area contributed by atoms with Crippen LogP contribution < -0.4 is 4.90 Å². The van der Waals surface area contributed by atoms with E-state index in [-0.39, 0.29) is 88.5 Å². The first-order chi connectivity index (χ1) is 47.5. The average Bonchev–Trinajstić information content (AvgIpc) is 1.59. The van der Waals surface area contributed by atoms with Crippen LogP contribution in [0.1, 0.15) is 57.1 Å². The van der Waals surface area contributed by atoms with Gasteiger partial charge < -0.3 is 85.5 Å².